The van der Waals surface area contributed by atoms with E-state index in [2.05, 4.69) is 140 Å². The number of hydrogen-bond acceptors (Lipinski definition) is 10. The van der Waals surface area contributed by atoms with Crippen molar-refractivity contribution in [2.24, 2.45) is 0 Å². The highest BCUT2D eigenvalue weighted by Crippen LogP contribution is 2.38. The molecule has 0 aliphatic carbocycles. The standard InChI is InChI=1S/C22H26N2O2S.C21H28N2O2.C6H15N.CCl2S/c1-13(2)15-7-9-16(10-8-15)21-17-11-19(25-5)20(26-6)12-18(17)24(14(3)4)22(27)23-21;1-13(2)15-7-9-16(10-8-15)21(22)17-11-19(24-5)20(25-6)12-18(17)23-14(3)4;1-4-7(5-2)6-3;2-1(3)4/h7-14H,1-6H3;7-14,22-23H,1-6H3;4-6H2,1-3H3;. The molecule has 4 aromatic carbocycles. The Morgan fingerprint density at radius 1 is 0.698 bits per heavy atom. The molecule has 1 heterocycles. The van der Waals surface area contributed by atoms with Crippen molar-refractivity contribution < 1.29 is 18.9 Å². The number of rotatable bonds is 15. The van der Waals surface area contributed by atoms with Crippen LogP contribution < -0.4 is 24.3 Å². The molecule has 0 radical (unpaired) electrons. The SMILES string of the molecule is CCN(CC)CC.COc1cc(NC(C)C)c(C(=N)c2ccc(C(C)C)cc2)cc1OC.COc1cc2c(-c3ccc(C(C)C)cc3)nc(=S)n(C(C)C)c2cc1OC.S=C(Cl)Cl. The van der Waals surface area contributed by atoms with Crippen molar-refractivity contribution in [1.82, 2.24) is 14.5 Å². The van der Waals surface area contributed by atoms with Crippen molar-refractivity contribution in [1.29, 1.82) is 5.41 Å². The lowest BCUT2D eigenvalue weighted by atomic mass is 9.96. The molecular formula is C50H69Cl2N5O4S2. The largest absolute Gasteiger partial charge is 0.493 e. The first-order chi connectivity index (χ1) is 29.8. The quantitative estimate of drug-likeness (QED) is 0.0605. The van der Waals surface area contributed by atoms with Crippen molar-refractivity contribution in [2.75, 3.05) is 53.4 Å². The predicted octanol–water partition coefficient (Wildman–Crippen LogP) is 14.3. The number of benzene rings is 4. The second-order valence-corrected chi connectivity index (χ2v) is 17.9. The van der Waals surface area contributed by atoms with Gasteiger partial charge in [-0.3, -0.25) is 5.41 Å². The fourth-order valence-electron chi connectivity index (χ4n) is 6.69. The van der Waals surface area contributed by atoms with E-state index in [9.17, 15) is 0 Å². The lowest BCUT2D eigenvalue weighted by Crippen LogP contribution is -2.21. The molecular weight excluding hydrogens is 870 g/mol. The van der Waals surface area contributed by atoms with Gasteiger partial charge in [-0.1, -0.05) is 132 Å². The smallest absolute Gasteiger partial charge is 0.200 e. The Labute approximate surface area is 397 Å². The average molecular weight is 939 g/mol. The Morgan fingerprint density at radius 2 is 1.13 bits per heavy atom. The lowest BCUT2D eigenvalue weighted by Gasteiger charge is -2.19. The van der Waals surface area contributed by atoms with Gasteiger partial charge in [0.25, 0.3) is 0 Å². The van der Waals surface area contributed by atoms with Crippen LogP contribution in [0.2, 0.25) is 0 Å². The molecule has 5 rings (SSSR count). The molecule has 13 heteroatoms. The maximum absolute atomic E-state index is 8.70. The summed E-state index contributed by atoms with van der Waals surface area (Å²) in [7, 11) is 6.52. The third kappa shape index (κ3) is 16.0. The van der Waals surface area contributed by atoms with Gasteiger partial charge >= 0.3 is 0 Å². The number of anilines is 1. The molecule has 344 valence electrons. The molecule has 0 atom stereocenters. The van der Waals surface area contributed by atoms with Crippen LogP contribution in [-0.2, 0) is 0 Å². The molecule has 0 amide bonds. The number of halogens is 2. The highest BCUT2D eigenvalue weighted by Gasteiger charge is 2.18. The maximum Gasteiger partial charge on any atom is 0.200 e. The van der Waals surface area contributed by atoms with Crippen molar-refractivity contribution >= 4 is 73.7 Å². The fourth-order valence-corrected chi connectivity index (χ4v) is 7.09. The van der Waals surface area contributed by atoms with Crippen LogP contribution in [0.1, 0.15) is 116 Å². The second-order valence-electron chi connectivity index (χ2n) is 15.8. The number of fused-ring (bicyclic) bond motifs is 1. The minimum absolute atomic E-state index is 0.0556. The van der Waals surface area contributed by atoms with E-state index < -0.39 is 0 Å². The molecule has 0 unspecified atom stereocenters. The lowest BCUT2D eigenvalue weighted by molar-refractivity contribution is 0.321. The molecule has 5 aromatic rings. The van der Waals surface area contributed by atoms with Crippen LogP contribution in [0.3, 0.4) is 0 Å². The molecule has 2 N–H and O–H groups in total. The third-order valence-corrected chi connectivity index (χ3v) is 10.5. The summed E-state index contributed by atoms with van der Waals surface area (Å²) in [6.45, 7) is 27.2. The topological polar surface area (TPSA) is 93.9 Å². The Morgan fingerprint density at radius 3 is 1.52 bits per heavy atom. The van der Waals surface area contributed by atoms with Crippen molar-refractivity contribution in [3.8, 4) is 34.3 Å². The Kier molecular flexibility index (Phi) is 23.7. The van der Waals surface area contributed by atoms with E-state index in [-0.39, 0.29) is 15.9 Å². The zero-order valence-electron chi connectivity index (χ0n) is 39.9. The molecule has 0 fully saturated rings. The third-order valence-electron chi connectivity index (χ3n) is 10.2. The van der Waals surface area contributed by atoms with E-state index >= 15 is 0 Å². The molecule has 1 aromatic heterocycles. The summed E-state index contributed by atoms with van der Waals surface area (Å²) in [5.74, 6) is 3.59. The van der Waals surface area contributed by atoms with E-state index in [4.69, 9.17) is 64.8 Å². The molecule has 0 aliphatic heterocycles. The summed E-state index contributed by atoms with van der Waals surface area (Å²) in [5, 5.41) is 13.1. The second kappa shape index (κ2) is 27.2. The summed E-state index contributed by atoms with van der Waals surface area (Å²) < 4.78 is 24.4. The maximum atomic E-state index is 8.70. The van der Waals surface area contributed by atoms with Gasteiger partial charge in [-0.25, -0.2) is 4.98 Å². The van der Waals surface area contributed by atoms with Crippen LogP contribution in [0.5, 0.6) is 23.0 Å². The number of aromatic nitrogens is 2. The minimum Gasteiger partial charge on any atom is -0.493 e. The molecule has 63 heavy (non-hydrogen) atoms. The van der Waals surface area contributed by atoms with Crippen LogP contribution in [0.4, 0.5) is 5.69 Å². The van der Waals surface area contributed by atoms with Crippen molar-refractivity contribution in [3.63, 3.8) is 0 Å². The first-order valence-electron chi connectivity index (χ1n) is 21.4. The number of ether oxygens (including phenoxy) is 4. The van der Waals surface area contributed by atoms with E-state index in [1.54, 1.807) is 28.4 Å². The van der Waals surface area contributed by atoms with Gasteiger partial charge in [0.1, 0.15) is 0 Å². The van der Waals surface area contributed by atoms with E-state index in [1.807, 2.05) is 36.4 Å². The van der Waals surface area contributed by atoms with Gasteiger partial charge in [0.15, 0.2) is 26.8 Å². The van der Waals surface area contributed by atoms with Crippen LogP contribution in [0, 0.1) is 10.2 Å². The van der Waals surface area contributed by atoms with E-state index in [0.717, 1.165) is 39.0 Å². The molecule has 0 spiro atoms. The molecule has 0 saturated carbocycles. The van der Waals surface area contributed by atoms with E-state index in [0.29, 0.717) is 45.3 Å². The molecule has 0 saturated heterocycles. The summed E-state index contributed by atoms with van der Waals surface area (Å²) >= 11 is 19.2. The van der Waals surface area contributed by atoms with Gasteiger partial charge < -0.3 is 33.7 Å². The molecule has 0 bridgehead atoms. The van der Waals surface area contributed by atoms with Gasteiger partial charge in [-0.05, 0) is 94.6 Å². The summed E-state index contributed by atoms with van der Waals surface area (Å²) in [4.78, 5) is 7.15. The monoisotopic (exact) mass is 937 g/mol. The van der Waals surface area contributed by atoms with E-state index in [1.165, 1.54) is 30.8 Å². The van der Waals surface area contributed by atoms with Crippen molar-refractivity contribution in [2.45, 2.75) is 100 Å². The van der Waals surface area contributed by atoms with Gasteiger partial charge in [0.2, 0.25) is 4.77 Å². The number of nitrogens with one attached hydrogen (secondary N) is 2. The zero-order chi connectivity index (χ0) is 47.6. The van der Waals surface area contributed by atoms with Gasteiger partial charge in [0, 0.05) is 52.0 Å². The van der Waals surface area contributed by atoms with Gasteiger partial charge in [-0.15, -0.1) is 0 Å². The number of nitrogens with zero attached hydrogens (tertiary/aromatic N) is 3. The normalized spacial score (nSPS) is 10.8. The van der Waals surface area contributed by atoms with Crippen LogP contribution in [-0.4, -0.2) is 78.1 Å². The first kappa shape index (κ1) is 54.9. The Hall–Kier alpha value is -4.26. The predicted molar refractivity (Wildman–Crippen MR) is 276 cm³/mol. The molecule has 9 nitrogen and oxygen atoms in total. The average Bonchev–Trinajstić information content (AvgIpc) is 3.25. The van der Waals surface area contributed by atoms with Gasteiger partial charge in [-0.2, -0.15) is 0 Å². The number of methoxy groups -OCH3 is 4. The van der Waals surface area contributed by atoms with Crippen molar-refractivity contribution in [3.05, 3.63) is 99.8 Å². The summed E-state index contributed by atoms with van der Waals surface area (Å²) in [6.07, 6.45) is 0. The number of thiocarbonyl (C=S) groups is 1. The highest BCUT2D eigenvalue weighted by atomic mass is 35.5. The zero-order valence-corrected chi connectivity index (χ0v) is 43.1. The minimum atomic E-state index is -0.0556. The Bertz CT molecular complexity index is 2270. The molecule has 0 aliphatic rings. The highest BCUT2D eigenvalue weighted by molar-refractivity contribution is 7.86. The summed E-state index contributed by atoms with van der Waals surface area (Å²) in [6, 6.07) is 24.9. The first-order valence-corrected chi connectivity index (χ1v) is 23.0. The van der Waals surface area contributed by atoms with Gasteiger partial charge in [0.05, 0.1) is 45.4 Å². The Balaban J connectivity index is 0.000000352. The summed E-state index contributed by atoms with van der Waals surface area (Å²) in [5.41, 5.74) is 8.46. The fraction of sp³-hybridized carbons (Fsp3) is 0.440. The van der Waals surface area contributed by atoms with Crippen LogP contribution in [0.15, 0.2) is 72.8 Å². The van der Waals surface area contributed by atoms with Crippen LogP contribution in [0.25, 0.3) is 22.2 Å². The van der Waals surface area contributed by atoms with Crippen LogP contribution >= 0.6 is 47.6 Å². The number of hydrogen-bond donors (Lipinski definition) is 2.